The van der Waals surface area contributed by atoms with Crippen molar-refractivity contribution in [2.45, 2.75) is 11.8 Å². The second-order valence-corrected chi connectivity index (χ2v) is 11.4. The highest BCUT2D eigenvalue weighted by molar-refractivity contribution is 7.93. The van der Waals surface area contributed by atoms with Crippen LogP contribution in [0, 0.1) is 6.92 Å². The van der Waals surface area contributed by atoms with E-state index in [1.54, 1.807) is 47.4 Å². The van der Waals surface area contributed by atoms with Crippen LogP contribution >= 0.6 is 11.6 Å². The Hall–Kier alpha value is -3.33. The lowest BCUT2D eigenvalue weighted by molar-refractivity contribution is -0.131. The molecule has 0 unspecified atom stereocenters. The average Bonchev–Trinajstić information content (AvgIpc) is 2.93. The normalized spacial score (nSPS) is 14.6. The minimum Gasteiger partial charge on any atom is -0.495 e. The number of anilines is 1. The Morgan fingerprint density at radius 3 is 2.34 bits per heavy atom. The molecule has 1 aliphatic rings. The van der Waals surface area contributed by atoms with Crippen LogP contribution in [0.4, 0.5) is 5.69 Å². The molecule has 0 radical (unpaired) electrons. The van der Waals surface area contributed by atoms with Crippen LogP contribution in [0.2, 0.25) is 5.02 Å². The molecule has 0 aliphatic carbocycles. The Kier molecular flexibility index (Phi) is 9.09. The highest BCUT2D eigenvalue weighted by Crippen LogP contribution is 2.31. The summed E-state index contributed by atoms with van der Waals surface area (Å²) in [4.78, 5) is 17.4. The molecule has 1 heterocycles. The zero-order valence-electron chi connectivity index (χ0n) is 21.6. The van der Waals surface area contributed by atoms with Gasteiger partial charge in [-0.2, -0.15) is 0 Å². The molecule has 0 aromatic heterocycles. The van der Waals surface area contributed by atoms with Gasteiger partial charge in [0.25, 0.3) is 10.0 Å². The third-order valence-corrected chi connectivity index (χ3v) is 8.53. The summed E-state index contributed by atoms with van der Waals surface area (Å²) in [6.45, 7) is 4.75. The molecular formula is C29H32ClN3O4S. The standard InChI is InChI=1S/C29H32ClN3O4S/c1-23-10-15-27(37-2)28(21-23)38(35,36)33(26-13-11-25(30)12-14-26)22-29(34)32-19-17-31(18-20-32)16-6-9-24-7-4-3-5-8-24/h3-15,21H,16-20,22H2,1-2H3/b9-6+. The molecule has 38 heavy (non-hydrogen) atoms. The van der Waals surface area contributed by atoms with Crippen molar-refractivity contribution in [3.8, 4) is 5.75 Å². The molecular weight excluding hydrogens is 522 g/mol. The van der Waals surface area contributed by atoms with E-state index < -0.39 is 10.0 Å². The Labute approximate surface area is 229 Å². The summed E-state index contributed by atoms with van der Waals surface area (Å²) in [5, 5.41) is 0.475. The third-order valence-electron chi connectivity index (χ3n) is 6.48. The number of aryl methyl sites for hydroxylation is 1. The van der Waals surface area contributed by atoms with Crippen molar-refractivity contribution in [3.05, 3.63) is 95.0 Å². The molecule has 1 aliphatic heterocycles. The fourth-order valence-electron chi connectivity index (χ4n) is 4.33. The lowest BCUT2D eigenvalue weighted by atomic mass is 10.2. The van der Waals surface area contributed by atoms with E-state index in [4.69, 9.17) is 16.3 Å². The summed E-state index contributed by atoms with van der Waals surface area (Å²) in [6.07, 6.45) is 4.21. The molecule has 1 fully saturated rings. The number of ether oxygens (including phenoxy) is 1. The topological polar surface area (TPSA) is 70.2 Å². The second-order valence-electron chi connectivity index (χ2n) is 9.14. The maximum absolute atomic E-state index is 13.9. The van der Waals surface area contributed by atoms with Gasteiger partial charge in [-0.05, 0) is 54.4 Å². The molecule has 4 rings (SSSR count). The minimum absolute atomic E-state index is 0.0118. The van der Waals surface area contributed by atoms with E-state index >= 15 is 0 Å². The van der Waals surface area contributed by atoms with Crippen molar-refractivity contribution >= 4 is 39.3 Å². The van der Waals surface area contributed by atoms with Crippen molar-refractivity contribution in [2.75, 3.05) is 50.7 Å². The summed E-state index contributed by atoms with van der Waals surface area (Å²) in [5.74, 6) is -0.0335. The number of benzene rings is 3. The Balaban J connectivity index is 1.48. The molecule has 200 valence electrons. The predicted octanol–water partition coefficient (Wildman–Crippen LogP) is 4.71. The lowest BCUT2D eigenvalue weighted by Crippen LogP contribution is -2.51. The van der Waals surface area contributed by atoms with Crippen LogP contribution in [0.15, 0.2) is 83.8 Å². The van der Waals surface area contributed by atoms with E-state index in [1.165, 1.54) is 7.11 Å². The van der Waals surface area contributed by atoms with Crippen molar-refractivity contribution in [3.63, 3.8) is 0 Å². The van der Waals surface area contributed by atoms with E-state index in [9.17, 15) is 13.2 Å². The van der Waals surface area contributed by atoms with E-state index in [2.05, 4.69) is 29.2 Å². The van der Waals surface area contributed by atoms with Crippen LogP contribution in [-0.4, -0.2) is 70.5 Å². The fourth-order valence-corrected chi connectivity index (χ4v) is 6.11. The molecule has 7 nitrogen and oxygen atoms in total. The number of methoxy groups -OCH3 is 1. The number of carbonyl (C=O) groups is 1. The number of hydrogen-bond acceptors (Lipinski definition) is 5. The van der Waals surface area contributed by atoms with Gasteiger partial charge in [0.05, 0.1) is 12.8 Å². The van der Waals surface area contributed by atoms with Gasteiger partial charge in [0.2, 0.25) is 5.91 Å². The number of hydrogen-bond donors (Lipinski definition) is 0. The monoisotopic (exact) mass is 553 g/mol. The van der Waals surface area contributed by atoms with Gasteiger partial charge in [-0.3, -0.25) is 14.0 Å². The summed E-state index contributed by atoms with van der Waals surface area (Å²) in [7, 11) is -2.69. The number of carbonyl (C=O) groups excluding carboxylic acids is 1. The molecule has 9 heteroatoms. The van der Waals surface area contributed by atoms with Crippen molar-refractivity contribution in [1.29, 1.82) is 0 Å². The number of rotatable bonds is 9. The SMILES string of the molecule is COc1ccc(C)cc1S(=O)(=O)N(CC(=O)N1CCN(C/C=C/c2ccccc2)CC1)c1ccc(Cl)cc1. The van der Waals surface area contributed by atoms with E-state index in [1.807, 2.05) is 25.1 Å². The quantitative estimate of drug-likeness (QED) is 0.384. The largest absolute Gasteiger partial charge is 0.495 e. The molecule has 1 saturated heterocycles. The zero-order valence-corrected chi connectivity index (χ0v) is 23.2. The van der Waals surface area contributed by atoms with Gasteiger partial charge in [-0.25, -0.2) is 8.42 Å². The molecule has 0 bridgehead atoms. The number of nitrogens with zero attached hydrogens (tertiary/aromatic N) is 3. The van der Waals surface area contributed by atoms with E-state index in [-0.39, 0.29) is 23.1 Å². The van der Waals surface area contributed by atoms with Crippen LogP contribution in [-0.2, 0) is 14.8 Å². The van der Waals surface area contributed by atoms with Crippen LogP contribution in [0.25, 0.3) is 6.08 Å². The van der Waals surface area contributed by atoms with Crippen LogP contribution in [0.1, 0.15) is 11.1 Å². The van der Waals surface area contributed by atoms with E-state index in [0.29, 0.717) is 36.9 Å². The maximum Gasteiger partial charge on any atom is 0.268 e. The number of piperazine rings is 1. The zero-order chi connectivity index (χ0) is 27.1. The van der Waals surface area contributed by atoms with Gasteiger partial charge in [0.15, 0.2) is 0 Å². The highest BCUT2D eigenvalue weighted by atomic mass is 35.5. The predicted molar refractivity (Wildman–Crippen MR) is 152 cm³/mol. The maximum atomic E-state index is 13.9. The molecule has 0 N–H and O–H groups in total. The molecule has 3 aromatic rings. The minimum atomic E-state index is -4.12. The van der Waals surface area contributed by atoms with Gasteiger partial charge < -0.3 is 9.64 Å². The van der Waals surface area contributed by atoms with Gasteiger partial charge in [-0.15, -0.1) is 0 Å². The Morgan fingerprint density at radius 1 is 1.00 bits per heavy atom. The first-order chi connectivity index (χ1) is 18.3. The first kappa shape index (κ1) is 27.7. The highest BCUT2D eigenvalue weighted by Gasteiger charge is 2.32. The summed E-state index contributed by atoms with van der Waals surface area (Å²) < 4.78 is 34.3. The third kappa shape index (κ3) is 6.75. The number of sulfonamides is 1. The first-order valence-corrected chi connectivity index (χ1v) is 14.2. The fraction of sp³-hybridized carbons (Fsp3) is 0.276. The molecule has 1 amide bonds. The van der Waals surface area contributed by atoms with Gasteiger partial charge in [-0.1, -0.05) is 60.2 Å². The Bertz CT molecular complexity index is 1370. The Morgan fingerprint density at radius 2 is 1.68 bits per heavy atom. The number of amides is 1. The molecule has 0 saturated carbocycles. The van der Waals surface area contributed by atoms with Gasteiger partial charge in [0.1, 0.15) is 17.2 Å². The lowest BCUT2D eigenvalue weighted by Gasteiger charge is -2.35. The summed E-state index contributed by atoms with van der Waals surface area (Å²) in [6, 6.07) is 21.5. The number of halogens is 1. The molecule has 0 atom stereocenters. The van der Waals surface area contributed by atoms with Crippen molar-refractivity contribution in [2.24, 2.45) is 0 Å². The smallest absolute Gasteiger partial charge is 0.268 e. The van der Waals surface area contributed by atoms with Crippen molar-refractivity contribution in [1.82, 2.24) is 9.80 Å². The van der Waals surface area contributed by atoms with Gasteiger partial charge in [0, 0.05) is 37.7 Å². The average molecular weight is 554 g/mol. The summed E-state index contributed by atoms with van der Waals surface area (Å²) >= 11 is 6.06. The van der Waals surface area contributed by atoms with Crippen LogP contribution in [0.3, 0.4) is 0 Å². The molecule has 0 spiro atoms. The van der Waals surface area contributed by atoms with Gasteiger partial charge >= 0.3 is 0 Å². The second kappa shape index (κ2) is 12.5. The van der Waals surface area contributed by atoms with Crippen LogP contribution in [0.5, 0.6) is 5.75 Å². The summed E-state index contributed by atoms with van der Waals surface area (Å²) in [5.41, 5.74) is 2.27. The van der Waals surface area contributed by atoms with Crippen molar-refractivity contribution < 1.29 is 17.9 Å². The molecule has 3 aromatic carbocycles. The first-order valence-electron chi connectivity index (χ1n) is 12.4. The van der Waals surface area contributed by atoms with Crippen LogP contribution < -0.4 is 9.04 Å². The van der Waals surface area contributed by atoms with E-state index in [0.717, 1.165) is 22.0 Å².